The summed E-state index contributed by atoms with van der Waals surface area (Å²) >= 11 is 0. The topological polar surface area (TPSA) is 60.9 Å². The second-order valence-corrected chi connectivity index (χ2v) is 6.33. The maximum Gasteiger partial charge on any atom is 0.254 e. The molecule has 0 atom stereocenters. The Labute approximate surface area is 134 Å². The summed E-state index contributed by atoms with van der Waals surface area (Å²) in [7, 11) is 0. The van der Waals surface area contributed by atoms with Gasteiger partial charge in [0.15, 0.2) is 0 Å². The molecule has 0 aromatic heterocycles. The smallest absolute Gasteiger partial charge is 0.254 e. The molecule has 1 N–H and O–H groups in total. The minimum absolute atomic E-state index is 0.215. The molecule has 2 fully saturated rings. The van der Waals surface area contributed by atoms with Gasteiger partial charge in [-0.1, -0.05) is 6.07 Å². The van der Waals surface area contributed by atoms with Crippen LogP contribution >= 0.6 is 0 Å². The van der Waals surface area contributed by atoms with Gasteiger partial charge >= 0.3 is 0 Å². The van der Waals surface area contributed by atoms with Crippen LogP contribution in [0.2, 0.25) is 0 Å². The van der Waals surface area contributed by atoms with Gasteiger partial charge in [0.1, 0.15) is 11.4 Å². The number of piperazine rings is 1. The maximum absolute atomic E-state index is 13.2. The van der Waals surface area contributed by atoms with E-state index in [4.69, 9.17) is 0 Å². The molecule has 5 nitrogen and oxygen atoms in total. The van der Waals surface area contributed by atoms with Gasteiger partial charge in [-0.25, -0.2) is 4.39 Å². The number of rotatable bonds is 2. The van der Waals surface area contributed by atoms with Gasteiger partial charge in [-0.15, -0.1) is 0 Å². The second kappa shape index (κ2) is 6.28. The molecule has 1 aromatic carbocycles. The molecule has 1 aliphatic heterocycles. The lowest BCUT2D eigenvalue weighted by molar-refractivity contribution is -0.152. The molecule has 1 aliphatic carbocycles. The van der Waals surface area contributed by atoms with E-state index in [-0.39, 0.29) is 11.8 Å². The second-order valence-electron chi connectivity index (χ2n) is 6.33. The molecule has 1 heterocycles. The van der Waals surface area contributed by atoms with E-state index in [2.05, 4.69) is 0 Å². The fraction of sp³-hybridized carbons (Fsp3) is 0.529. The van der Waals surface area contributed by atoms with E-state index in [0.717, 1.165) is 12.8 Å². The van der Waals surface area contributed by atoms with Crippen molar-refractivity contribution in [3.63, 3.8) is 0 Å². The van der Waals surface area contributed by atoms with Crippen LogP contribution in [0.5, 0.6) is 0 Å². The third-order valence-electron chi connectivity index (χ3n) is 4.75. The predicted octanol–water partition coefficient (Wildman–Crippen LogP) is 1.42. The predicted molar refractivity (Wildman–Crippen MR) is 82.3 cm³/mol. The molecular weight excluding hydrogens is 299 g/mol. The summed E-state index contributed by atoms with van der Waals surface area (Å²) in [5.41, 5.74) is -0.895. The van der Waals surface area contributed by atoms with E-state index in [1.54, 1.807) is 15.9 Å². The minimum atomic E-state index is -1.21. The summed E-state index contributed by atoms with van der Waals surface area (Å²) in [6.45, 7) is 1.61. The molecule has 1 aromatic rings. The Kier molecular flexibility index (Phi) is 4.35. The monoisotopic (exact) mass is 320 g/mol. The average molecular weight is 320 g/mol. The molecule has 3 rings (SSSR count). The fourth-order valence-electron chi connectivity index (χ4n) is 3.38. The van der Waals surface area contributed by atoms with Crippen molar-refractivity contribution in [3.05, 3.63) is 35.6 Å². The standard InChI is InChI=1S/C17H21FN2O3/c18-14-5-3-4-13(12-14)15(21)19-8-10-20(11-9-19)16(22)17(23)6-1-2-7-17/h3-5,12,23H,1-2,6-11H2. The van der Waals surface area contributed by atoms with Crippen LogP contribution in [0, 0.1) is 5.82 Å². The molecule has 2 aliphatic rings. The normalized spacial score (nSPS) is 20.6. The van der Waals surface area contributed by atoms with Crippen molar-refractivity contribution in [2.45, 2.75) is 31.3 Å². The first-order chi connectivity index (χ1) is 11.0. The van der Waals surface area contributed by atoms with E-state index >= 15 is 0 Å². The molecule has 1 saturated carbocycles. The molecule has 124 valence electrons. The van der Waals surface area contributed by atoms with Gasteiger partial charge in [-0.3, -0.25) is 9.59 Å². The summed E-state index contributed by atoms with van der Waals surface area (Å²) in [6.07, 6.45) is 2.79. The quantitative estimate of drug-likeness (QED) is 0.896. The molecule has 23 heavy (non-hydrogen) atoms. The van der Waals surface area contributed by atoms with Crippen LogP contribution in [0.1, 0.15) is 36.0 Å². The van der Waals surface area contributed by atoms with Gasteiger partial charge in [0.05, 0.1) is 0 Å². The lowest BCUT2D eigenvalue weighted by Gasteiger charge is -2.38. The van der Waals surface area contributed by atoms with E-state index in [0.29, 0.717) is 44.6 Å². The molecule has 6 heteroatoms. The first-order valence-corrected chi connectivity index (χ1v) is 8.06. The van der Waals surface area contributed by atoms with Crippen LogP contribution in [-0.4, -0.2) is 58.5 Å². The van der Waals surface area contributed by atoms with Crippen LogP contribution in [0.3, 0.4) is 0 Å². The number of hydrogen-bond acceptors (Lipinski definition) is 3. The first kappa shape index (κ1) is 15.9. The van der Waals surface area contributed by atoms with E-state index in [1.807, 2.05) is 0 Å². The highest BCUT2D eigenvalue weighted by atomic mass is 19.1. The van der Waals surface area contributed by atoms with Crippen molar-refractivity contribution in [3.8, 4) is 0 Å². The van der Waals surface area contributed by atoms with E-state index in [9.17, 15) is 19.1 Å². The van der Waals surface area contributed by atoms with Crippen LogP contribution in [0.15, 0.2) is 24.3 Å². The number of carbonyl (C=O) groups is 2. The maximum atomic E-state index is 13.2. The Morgan fingerprint density at radius 1 is 1.04 bits per heavy atom. The number of hydrogen-bond donors (Lipinski definition) is 1. The van der Waals surface area contributed by atoms with Crippen LogP contribution in [-0.2, 0) is 4.79 Å². The zero-order valence-corrected chi connectivity index (χ0v) is 13.0. The van der Waals surface area contributed by atoms with E-state index in [1.165, 1.54) is 18.2 Å². The van der Waals surface area contributed by atoms with Gasteiger partial charge in [-0.2, -0.15) is 0 Å². The van der Waals surface area contributed by atoms with Crippen LogP contribution in [0.25, 0.3) is 0 Å². The third kappa shape index (κ3) is 3.22. The highest BCUT2D eigenvalue weighted by molar-refractivity contribution is 5.94. The van der Waals surface area contributed by atoms with Crippen molar-refractivity contribution >= 4 is 11.8 Å². The van der Waals surface area contributed by atoms with Crippen molar-refractivity contribution < 1.29 is 19.1 Å². The SMILES string of the molecule is O=C(c1cccc(F)c1)N1CCN(C(=O)C2(O)CCCC2)CC1. The molecular formula is C17H21FN2O3. The lowest BCUT2D eigenvalue weighted by Crippen LogP contribution is -2.56. The zero-order chi connectivity index (χ0) is 16.4. The molecule has 1 saturated heterocycles. The van der Waals surface area contributed by atoms with Crippen LogP contribution in [0.4, 0.5) is 4.39 Å². The highest BCUT2D eigenvalue weighted by Crippen LogP contribution is 2.31. The Morgan fingerprint density at radius 3 is 2.26 bits per heavy atom. The number of amides is 2. The fourth-order valence-corrected chi connectivity index (χ4v) is 3.38. The Morgan fingerprint density at radius 2 is 1.65 bits per heavy atom. The Balaban J connectivity index is 1.60. The summed E-state index contributed by atoms with van der Waals surface area (Å²) in [5.74, 6) is -0.878. The minimum Gasteiger partial charge on any atom is -0.380 e. The molecule has 0 bridgehead atoms. The molecule has 0 unspecified atom stereocenters. The summed E-state index contributed by atoms with van der Waals surface area (Å²) in [5, 5.41) is 10.4. The largest absolute Gasteiger partial charge is 0.380 e. The van der Waals surface area contributed by atoms with Crippen molar-refractivity contribution in [2.24, 2.45) is 0 Å². The lowest BCUT2D eigenvalue weighted by atomic mass is 10.00. The van der Waals surface area contributed by atoms with Crippen molar-refractivity contribution in [1.29, 1.82) is 0 Å². The number of nitrogens with zero attached hydrogens (tertiary/aromatic N) is 2. The Bertz CT molecular complexity index is 606. The Hall–Kier alpha value is -1.95. The average Bonchev–Trinajstić information content (AvgIpc) is 3.01. The summed E-state index contributed by atoms with van der Waals surface area (Å²) in [6, 6.07) is 5.62. The van der Waals surface area contributed by atoms with Gasteiger partial charge in [0.2, 0.25) is 0 Å². The van der Waals surface area contributed by atoms with Crippen LogP contribution < -0.4 is 0 Å². The number of benzene rings is 1. The number of carbonyl (C=O) groups excluding carboxylic acids is 2. The molecule has 0 radical (unpaired) electrons. The number of halogens is 1. The molecule has 2 amide bonds. The first-order valence-electron chi connectivity index (χ1n) is 8.06. The summed E-state index contributed by atoms with van der Waals surface area (Å²) in [4.78, 5) is 28.1. The third-order valence-corrected chi connectivity index (χ3v) is 4.75. The van der Waals surface area contributed by atoms with Crippen molar-refractivity contribution in [2.75, 3.05) is 26.2 Å². The number of aliphatic hydroxyl groups is 1. The van der Waals surface area contributed by atoms with Gasteiger partial charge in [0, 0.05) is 31.7 Å². The van der Waals surface area contributed by atoms with Gasteiger partial charge in [-0.05, 0) is 43.9 Å². The van der Waals surface area contributed by atoms with E-state index < -0.39 is 11.4 Å². The van der Waals surface area contributed by atoms with Gasteiger partial charge < -0.3 is 14.9 Å². The van der Waals surface area contributed by atoms with Crippen molar-refractivity contribution in [1.82, 2.24) is 9.80 Å². The summed E-state index contributed by atoms with van der Waals surface area (Å²) < 4.78 is 13.2. The highest BCUT2D eigenvalue weighted by Gasteiger charge is 2.42. The van der Waals surface area contributed by atoms with Gasteiger partial charge in [0.25, 0.3) is 11.8 Å². The molecule has 0 spiro atoms. The zero-order valence-electron chi connectivity index (χ0n) is 13.0.